The van der Waals surface area contributed by atoms with Crippen LogP contribution in [-0.2, 0) is 11.2 Å². The van der Waals surface area contributed by atoms with Gasteiger partial charge in [0.1, 0.15) is 5.75 Å². The Kier molecular flexibility index (Phi) is 3.77. The van der Waals surface area contributed by atoms with Crippen LogP contribution in [0, 0.1) is 0 Å². The van der Waals surface area contributed by atoms with Crippen LogP contribution >= 0.6 is 0 Å². The van der Waals surface area contributed by atoms with Gasteiger partial charge in [0.05, 0.1) is 13.2 Å². The van der Waals surface area contributed by atoms with E-state index in [1.807, 2.05) is 18.2 Å². The van der Waals surface area contributed by atoms with E-state index >= 15 is 0 Å². The second-order valence-corrected chi connectivity index (χ2v) is 3.10. The molecule has 0 amide bonds. The minimum atomic E-state index is 0.257. The summed E-state index contributed by atoms with van der Waals surface area (Å²) < 4.78 is 10.3. The fourth-order valence-electron chi connectivity index (χ4n) is 1.21. The molecule has 0 aliphatic heterocycles. The lowest BCUT2D eigenvalue weighted by Gasteiger charge is -2.09. The summed E-state index contributed by atoms with van der Waals surface area (Å²) in [7, 11) is 3.41. The monoisotopic (exact) mass is 180 g/mol. The molecule has 0 heterocycles. The summed E-state index contributed by atoms with van der Waals surface area (Å²) in [6.45, 7) is 2.06. The van der Waals surface area contributed by atoms with Crippen molar-refractivity contribution < 1.29 is 9.47 Å². The highest BCUT2D eigenvalue weighted by atomic mass is 16.5. The molecule has 0 fully saturated rings. The van der Waals surface area contributed by atoms with E-state index in [-0.39, 0.29) is 6.10 Å². The van der Waals surface area contributed by atoms with Crippen LogP contribution < -0.4 is 4.74 Å². The number of methoxy groups -OCH3 is 2. The van der Waals surface area contributed by atoms with Crippen molar-refractivity contribution in [2.45, 2.75) is 19.4 Å². The molecule has 0 unspecified atom stereocenters. The van der Waals surface area contributed by atoms with Crippen LogP contribution in [0.2, 0.25) is 0 Å². The first-order chi connectivity index (χ1) is 6.26. The van der Waals surface area contributed by atoms with Gasteiger partial charge >= 0.3 is 0 Å². The number of rotatable bonds is 4. The molecule has 1 atom stereocenters. The molecular formula is C11H16O2. The summed E-state index contributed by atoms with van der Waals surface area (Å²) in [5, 5.41) is 0. The van der Waals surface area contributed by atoms with Gasteiger partial charge in [-0.3, -0.25) is 0 Å². The molecular weight excluding hydrogens is 164 g/mol. The van der Waals surface area contributed by atoms with Crippen molar-refractivity contribution in [3.05, 3.63) is 29.8 Å². The van der Waals surface area contributed by atoms with E-state index in [1.165, 1.54) is 5.56 Å². The fourth-order valence-corrected chi connectivity index (χ4v) is 1.21. The molecule has 0 aromatic heterocycles. The summed E-state index contributed by atoms with van der Waals surface area (Å²) >= 11 is 0. The Morgan fingerprint density at radius 3 is 2.69 bits per heavy atom. The van der Waals surface area contributed by atoms with Crippen molar-refractivity contribution in [2.24, 2.45) is 0 Å². The first kappa shape index (κ1) is 10.1. The largest absolute Gasteiger partial charge is 0.497 e. The molecule has 0 N–H and O–H groups in total. The summed E-state index contributed by atoms with van der Waals surface area (Å²) in [6, 6.07) is 8.06. The van der Waals surface area contributed by atoms with Crippen molar-refractivity contribution in [1.82, 2.24) is 0 Å². The standard InChI is InChI=1S/C11H16O2/c1-9(12-2)7-10-5-4-6-11(8-10)13-3/h4-6,8-9H,7H2,1-3H3/t9-/m1/s1. The first-order valence-corrected chi connectivity index (χ1v) is 4.42. The van der Waals surface area contributed by atoms with Gasteiger partial charge in [-0.25, -0.2) is 0 Å². The summed E-state index contributed by atoms with van der Waals surface area (Å²) in [6.07, 6.45) is 1.18. The van der Waals surface area contributed by atoms with E-state index in [4.69, 9.17) is 9.47 Å². The van der Waals surface area contributed by atoms with Crippen molar-refractivity contribution in [1.29, 1.82) is 0 Å². The van der Waals surface area contributed by atoms with E-state index in [1.54, 1.807) is 14.2 Å². The quantitative estimate of drug-likeness (QED) is 0.707. The third-order valence-corrected chi connectivity index (χ3v) is 2.06. The molecule has 1 aromatic carbocycles. The average molecular weight is 180 g/mol. The molecule has 13 heavy (non-hydrogen) atoms. The molecule has 0 aliphatic carbocycles. The molecule has 1 aromatic rings. The molecule has 0 saturated carbocycles. The van der Waals surface area contributed by atoms with Gasteiger partial charge in [0.2, 0.25) is 0 Å². The van der Waals surface area contributed by atoms with Crippen molar-refractivity contribution in [2.75, 3.05) is 14.2 Å². The van der Waals surface area contributed by atoms with Crippen molar-refractivity contribution in [3.63, 3.8) is 0 Å². The topological polar surface area (TPSA) is 18.5 Å². The molecule has 0 aliphatic rings. The van der Waals surface area contributed by atoms with Gasteiger partial charge in [0.15, 0.2) is 0 Å². The number of hydrogen-bond acceptors (Lipinski definition) is 2. The predicted octanol–water partition coefficient (Wildman–Crippen LogP) is 2.27. The lowest BCUT2D eigenvalue weighted by molar-refractivity contribution is 0.119. The zero-order valence-electron chi connectivity index (χ0n) is 8.41. The van der Waals surface area contributed by atoms with Gasteiger partial charge in [0.25, 0.3) is 0 Å². The minimum Gasteiger partial charge on any atom is -0.497 e. The summed E-state index contributed by atoms with van der Waals surface area (Å²) in [4.78, 5) is 0. The zero-order valence-corrected chi connectivity index (χ0v) is 8.41. The maximum atomic E-state index is 5.19. The van der Waals surface area contributed by atoms with E-state index in [9.17, 15) is 0 Å². The Balaban J connectivity index is 2.66. The Labute approximate surface area is 79.5 Å². The van der Waals surface area contributed by atoms with E-state index in [2.05, 4.69) is 13.0 Å². The third-order valence-electron chi connectivity index (χ3n) is 2.06. The Morgan fingerprint density at radius 2 is 2.08 bits per heavy atom. The summed E-state index contributed by atoms with van der Waals surface area (Å²) in [5.41, 5.74) is 1.24. The highest BCUT2D eigenvalue weighted by molar-refractivity contribution is 5.28. The maximum Gasteiger partial charge on any atom is 0.119 e. The van der Waals surface area contributed by atoms with Crippen molar-refractivity contribution >= 4 is 0 Å². The number of ether oxygens (including phenoxy) is 2. The average Bonchev–Trinajstić information content (AvgIpc) is 2.18. The van der Waals surface area contributed by atoms with Gasteiger partial charge in [0, 0.05) is 7.11 Å². The van der Waals surface area contributed by atoms with E-state index < -0.39 is 0 Å². The fraction of sp³-hybridized carbons (Fsp3) is 0.455. The molecule has 0 spiro atoms. The van der Waals surface area contributed by atoms with Gasteiger partial charge in [-0.1, -0.05) is 12.1 Å². The zero-order chi connectivity index (χ0) is 9.68. The van der Waals surface area contributed by atoms with Crippen LogP contribution in [0.5, 0.6) is 5.75 Å². The molecule has 1 rings (SSSR count). The first-order valence-electron chi connectivity index (χ1n) is 4.42. The van der Waals surface area contributed by atoms with E-state index in [0.717, 1.165) is 12.2 Å². The lowest BCUT2D eigenvalue weighted by atomic mass is 10.1. The normalized spacial score (nSPS) is 12.5. The third kappa shape index (κ3) is 3.07. The molecule has 0 bridgehead atoms. The molecule has 0 saturated heterocycles. The Morgan fingerprint density at radius 1 is 1.31 bits per heavy atom. The Hall–Kier alpha value is -1.02. The minimum absolute atomic E-state index is 0.257. The van der Waals surface area contributed by atoms with Gasteiger partial charge in [-0.05, 0) is 31.0 Å². The second-order valence-electron chi connectivity index (χ2n) is 3.10. The maximum absolute atomic E-state index is 5.19. The van der Waals surface area contributed by atoms with Gasteiger partial charge < -0.3 is 9.47 Å². The highest BCUT2D eigenvalue weighted by Crippen LogP contribution is 2.14. The number of hydrogen-bond donors (Lipinski definition) is 0. The van der Waals surface area contributed by atoms with Gasteiger partial charge in [-0.15, -0.1) is 0 Å². The van der Waals surface area contributed by atoms with Crippen molar-refractivity contribution in [3.8, 4) is 5.75 Å². The molecule has 72 valence electrons. The molecule has 2 heteroatoms. The predicted molar refractivity (Wildman–Crippen MR) is 53.2 cm³/mol. The van der Waals surface area contributed by atoms with Crippen LogP contribution in [-0.4, -0.2) is 20.3 Å². The number of benzene rings is 1. The highest BCUT2D eigenvalue weighted by Gasteiger charge is 2.01. The van der Waals surface area contributed by atoms with Crippen LogP contribution in [0.4, 0.5) is 0 Å². The van der Waals surface area contributed by atoms with Crippen LogP contribution in [0.15, 0.2) is 24.3 Å². The van der Waals surface area contributed by atoms with E-state index in [0.29, 0.717) is 0 Å². The smallest absolute Gasteiger partial charge is 0.119 e. The van der Waals surface area contributed by atoms with Gasteiger partial charge in [-0.2, -0.15) is 0 Å². The SMILES string of the molecule is COc1cccc(C[C@@H](C)OC)c1. The van der Waals surface area contributed by atoms with Crippen LogP contribution in [0.3, 0.4) is 0 Å². The van der Waals surface area contributed by atoms with Crippen LogP contribution in [0.1, 0.15) is 12.5 Å². The Bertz CT molecular complexity index is 258. The molecule has 2 nitrogen and oxygen atoms in total. The van der Waals surface area contributed by atoms with Crippen LogP contribution in [0.25, 0.3) is 0 Å². The second kappa shape index (κ2) is 4.87. The lowest BCUT2D eigenvalue weighted by Crippen LogP contribution is -2.08. The molecule has 0 radical (unpaired) electrons. The summed E-state index contributed by atoms with van der Waals surface area (Å²) in [5.74, 6) is 0.904.